The number of hydrogen-bond donors (Lipinski definition) is 2. The van der Waals surface area contributed by atoms with E-state index in [0.717, 1.165) is 31.8 Å². The molecule has 2 aliphatic rings. The Balaban J connectivity index is 1.95. The first kappa shape index (κ1) is 10.6. The van der Waals surface area contributed by atoms with Crippen LogP contribution in [0.25, 0.3) is 0 Å². The second-order valence-corrected chi connectivity index (χ2v) is 6.99. The minimum atomic E-state index is -0.565. The van der Waals surface area contributed by atoms with Crippen LogP contribution >= 0.6 is 10.9 Å². The molecular weight excluding hydrogens is 252 g/mol. The average Bonchev–Trinajstić information content (AvgIpc) is 2.99. The van der Waals surface area contributed by atoms with Crippen molar-refractivity contribution in [3.05, 3.63) is 46.2 Å². The van der Waals surface area contributed by atoms with Gasteiger partial charge < -0.3 is 10.2 Å². The second-order valence-electron chi connectivity index (χ2n) is 4.94. The summed E-state index contributed by atoms with van der Waals surface area (Å²) in [6.07, 6.45) is 2.07. The van der Waals surface area contributed by atoms with Crippen molar-refractivity contribution in [2.24, 2.45) is 0 Å². The van der Waals surface area contributed by atoms with Gasteiger partial charge in [-0.25, -0.2) is 0 Å². The summed E-state index contributed by atoms with van der Waals surface area (Å²) >= 11 is 0. The van der Waals surface area contributed by atoms with E-state index in [4.69, 9.17) is 2.74 Å². The van der Waals surface area contributed by atoms with E-state index in [9.17, 15) is 0 Å². The highest BCUT2D eigenvalue weighted by Gasteiger charge is 2.19. The Morgan fingerprint density at radius 3 is 2.84 bits per heavy atom. The maximum atomic E-state index is 7.79. The van der Waals surface area contributed by atoms with E-state index in [-0.39, 0.29) is 0 Å². The molecule has 0 aromatic heterocycles. The number of nitrogens with zero attached hydrogens (tertiary/aromatic N) is 1. The summed E-state index contributed by atoms with van der Waals surface area (Å²) < 4.78 is 15.4. The number of anilines is 1. The van der Waals surface area contributed by atoms with E-state index in [2.05, 4.69) is 46.0 Å². The highest BCUT2D eigenvalue weighted by atomic mass is 32.2. The molecule has 0 saturated carbocycles. The maximum absolute atomic E-state index is 7.79. The molecule has 0 amide bonds. The zero-order chi connectivity index (χ0) is 14.7. The number of hydrogen-bond acceptors (Lipinski definition) is 2. The van der Waals surface area contributed by atoms with Gasteiger partial charge in [0.25, 0.3) is 0 Å². The molecular formula is C16H22N2S. The van der Waals surface area contributed by atoms with Crippen molar-refractivity contribution in [1.82, 2.24) is 5.32 Å². The molecule has 0 radical (unpaired) electrons. The molecule has 102 valence electrons. The normalized spacial score (nSPS) is 26.5. The van der Waals surface area contributed by atoms with Crippen molar-refractivity contribution < 1.29 is 2.74 Å². The van der Waals surface area contributed by atoms with Crippen molar-refractivity contribution in [3.63, 3.8) is 0 Å². The van der Waals surface area contributed by atoms with Crippen LogP contribution in [-0.4, -0.2) is 26.2 Å². The Bertz CT molecular complexity index is 565. The lowest BCUT2D eigenvalue weighted by Gasteiger charge is -2.33. The fraction of sp³-hybridized carbons (Fsp3) is 0.375. The third-order valence-corrected chi connectivity index (χ3v) is 5.79. The fourth-order valence-corrected chi connectivity index (χ4v) is 4.67. The summed E-state index contributed by atoms with van der Waals surface area (Å²) in [6.45, 7) is 4.78. The molecule has 1 atom stereocenters. The first-order valence-corrected chi connectivity index (χ1v) is 8.08. The Labute approximate surface area is 121 Å². The summed E-state index contributed by atoms with van der Waals surface area (Å²) in [5, 5.41) is 5.62. The summed E-state index contributed by atoms with van der Waals surface area (Å²) in [6, 6.07) is 8.61. The Kier molecular flexibility index (Phi) is 3.03. The molecule has 2 aliphatic heterocycles. The Morgan fingerprint density at radius 2 is 2.05 bits per heavy atom. The summed E-state index contributed by atoms with van der Waals surface area (Å²) in [5.74, 6) is 0. The number of nitrogens with one attached hydrogen (secondary N) is 1. The molecule has 1 saturated heterocycles. The third kappa shape index (κ3) is 2.58. The van der Waals surface area contributed by atoms with Gasteiger partial charge in [0.1, 0.15) is 0 Å². The second kappa shape index (κ2) is 5.43. The van der Waals surface area contributed by atoms with Gasteiger partial charge in [-0.05, 0) is 41.8 Å². The minimum Gasteiger partial charge on any atom is -0.368 e. The third-order valence-electron chi connectivity index (χ3n) is 3.56. The molecule has 3 rings (SSSR count). The number of thiol groups is 1. The molecule has 0 spiro atoms. The van der Waals surface area contributed by atoms with Crippen LogP contribution in [0.4, 0.5) is 5.69 Å². The number of allylic oxidation sites excluding steroid dienone is 3. The van der Waals surface area contributed by atoms with Crippen LogP contribution in [-0.2, 0) is 0 Å². The molecule has 1 fully saturated rings. The van der Waals surface area contributed by atoms with E-state index in [0.29, 0.717) is 13.8 Å². The monoisotopic (exact) mass is 276 g/mol. The lowest BCUT2D eigenvalue weighted by atomic mass is 10.2. The SMILES string of the molecule is [2H]CC1=C[SH](c2ccccc2N2CCNCC2)C(C[2H])=C1. The predicted octanol–water partition coefficient (Wildman–Crippen LogP) is 3.28. The summed E-state index contributed by atoms with van der Waals surface area (Å²) in [7, 11) is -0.565. The number of para-hydroxylation sites is 1. The van der Waals surface area contributed by atoms with Gasteiger partial charge >= 0.3 is 0 Å². The van der Waals surface area contributed by atoms with Gasteiger partial charge in [-0.1, -0.05) is 18.2 Å². The first-order chi connectivity index (χ1) is 10.3. The molecule has 2 heterocycles. The lowest BCUT2D eigenvalue weighted by molar-refractivity contribution is 0.587. The highest BCUT2D eigenvalue weighted by Crippen LogP contribution is 2.53. The van der Waals surface area contributed by atoms with Gasteiger partial charge in [0.05, 0.1) is 0 Å². The van der Waals surface area contributed by atoms with Gasteiger partial charge in [0, 0.05) is 39.5 Å². The molecule has 3 heteroatoms. The summed E-state index contributed by atoms with van der Waals surface area (Å²) in [4.78, 5) is 4.97. The van der Waals surface area contributed by atoms with E-state index >= 15 is 0 Å². The highest BCUT2D eigenvalue weighted by molar-refractivity contribution is 8.23. The van der Waals surface area contributed by atoms with Crippen LogP contribution in [0.3, 0.4) is 0 Å². The molecule has 1 unspecified atom stereocenters. The van der Waals surface area contributed by atoms with Gasteiger partial charge in [0.2, 0.25) is 0 Å². The van der Waals surface area contributed by atoms with Gasteiger partial charge in [0.15, 0.2) is 0 Å². The van der Waals surface area contributed by atoms with Crippen molar-refractivity contribution >= 4 is 16.6 Å². The number of piperazine rings is 1. The molecule has 0 aliphatic carbocycles. The minimum absolute atomic E-state index is 0.318. The van der Waals surface area contributed by atoms with Gasteiger partial charge in [-0.3, -0.25) is 0 Å². The number of rotatable bonds is 2. The van der Waals surface area contributed by atoms with Crippen molar-refractivity contribution in [2.75, 3.05) is 31.1 Å². The van der Waals surface area contributed by atoms with E-state index < -0.39 is 10.9 Å². The van der Waals surface area contributed by atoms with Crippen molar-refractivity contribution in [3.8, 4) is 0 Å². The van der Waals surface area contributed by atoms with E-state index in [1.54, 1.807) is 0 Å². The largest absolute Gasteiger partial charge is 0.368 e. The van der Waals surface area contributed by atoms with E-state index in [1.807, 2.05) is 0 Å². The lowest BCUT2D eigenvalue weighted by Crippen LogP contribution is -2.43. The van der Waals surface area contributed by atoms with Crippen LogP contribution < -0.4 is 10.2 Å². The van der Waals surface area contributed by atoms with Crippen LogP contribution in [0.15, 0.2) is 51.1 Å². The molecule has 0 bridgehead atoms. The topological polar surface area (TPSA) is 15.3 Å². The molecule has 1 aromatic rings. The molecule has 19 heavy (non-hydrogen) atoms. The van der Waals surface area contributed by atoms with Crippen molar-refractivity contribution in [2.45, 2.75) is 18.7 Å². The Hall–Kier alpha value is -1.19. The first-order valence-electron chi connectivity index (χ1n) is 8.08. The molecule has 1 aromatic carbocycles. The Morgan fingerprint density at radius 1 is 1.21 bits per heavy atom. The van der Waals surface area contributed by atoms with Crippen molar-refractivity contribution in [1.29, 1.82) is 0 Å². The predicted molar refractivity (Wildman–Crippen MR) is 86.3 cm³/mol. The average molecular weight is 276 g/mol. The zero-order valence-corrected chi connectivity index (χ0v) is 12.0. The quantitative estimate of drug-likeness (QED) is 0.806. The van der Waals surface area contributed by atoms with Crippen LogP contribution in [0, 0.1) is 0 Å². The van der Waals surface area contributed by atoms with Crippen LogP contribution in [0.2, 0.25) is 0 Å². The van der Waals surface area contributed by atoms with E-state index in [1.165, 1.54) is 15.5 Å². The van der Waals surface area contributed by atoms with Gasteiger partial charge in [-0.15, -0.1) is 0 Å². The standard InChI is InChI=1S/C16H22N2S/c1-13-11-14(2)19(12-13)16-6-4-3-5-15(16)18-9-7-17-8-10-18/h3-6,11-12,17,19H,7-10H2,1-2H3/i1D,2D. The number of benzene rings is 1. The smallest absolute Gasteiger partial charge is 0.0494 e. The molecule has 2 nitrogen and oxygen atoms in total. The fourth-order valence-electron chi connectivity index (χ4n) is 2.63. The van der Waals surface area contributed by atoms with Gasteiger partial charge in [-0.2, -0.15) is 10.9 Å². The molecule has 1 N–H and O–H groups in total. The maximum Gasteiger partial charge on any atom is 0.0494 e. The van der Waals surface area contributed by atoms with Crippen LogP contribution in [0.5, 0.6) is 0 Å². The zero-order valence-electron chi connectivity index (χ0n) is 13.1. The summed E-state index contributed by atoms with van der Waals surface area (Å²) in [5.41, 5.74) is 2.38. The van der Waals surface area contributed by atoms with Crippen LogP contribution in [0.1, 0.15) is 16.5 Å².